The Morgan fingerprint density at radius 3 is 2.61 bits per heavy atom. The van der Waals surface area contributed by atoms with Crippen LogP contribution in [0.3, 0.4) is 0 Å². The van der Waals surface area contributed by atoms with Gasteiger partial charge in [-0.2, -0.15) is 0 Å². The summed E-state index contributed by atoms with van der Waals surface area (Å²) in [5.74, 6) is -0.131. The maximum absolute atomic E-state index is 13.3. The molecule has 0 aliphatic heterocycles. The zero-order valence-electron chi connectivity index (χ0n) is 18.3. The maximum Gasteiger partial charge on any atom is 0.323 e. The predicted octanol–water partition coefficient (Wildman–Crippen LogP) is 4.83. The highest BCUT2D eigenvalue weighted by Gasteiger charge is 2.22. The molecule has 0 fully saturated rings. The number of pyridine rings is 1. The van der Waals surface area contributed by atoms with Gasteiger partial charge in [0.1, 0.15) is 23.5 Å². The summed E-state index contributed by atoms with van der Waals surface area (Å²) in [4.78, 5) is 38.3. The van der Waals surface area contributed by atoms with Gasteiger partial charge in [0.15, 0.2) is 0 Å². The van der Waals surface area contributed by atoms with Crippen LogP contribution < -0.4 is 16.4 Å². The number of aromatic nitrogens is 4. The van der Waals surface area contributed by atoms with Crippen molar-refractivity contribution in [3.8, 4) is 0 Å². The second kappa shape index (κ2) is 8.87. The van der Waals surface area contributed by atoms with Gasteiger partial charge < -0.3 is 20.9 Å². The van der Waals surface area contributed by atoms with Gasteiger partial charge in [-0.3, -0.25) is 9.78 Å². The molecule has 0 aliphatic rings. The molecule has 4 N–H and O–H groups in total. The minimum absolute atomic E-state index is 0.0596. The van der Waals surface area contributed by atoms with Crippen molar-refractivity contribution in [2.24, 2.45) is 0 Å². The monoisotopic (exact) mass is 463 g/mol. The second-order valence-electron chi connectivity index (χ2n) is 7.80. The Balaban J connectivity index is 1.60. The SMILES string of the molecule is Cc1cc(Cl)ccc1NC(=O)Nc1ccnc(C(=O)c2cn(C(C)C)c3ncnc(N)c23)c1. The molecule has 2 amide bonds. The lowest BCUT2D eigenvalue weighted by Crippen LogP contribution is -2.20. The van der Waals surface area contributed by atoms with Gasteiger partial charge in [-0.1, -0.05) is 11.6 Å². The lowest BCUT2D eigenvalue weighted by Gasteiger charge is -2.10. The number of benzene rings is 1. The highest BCUT2D eigenvalue weighted by Crippen LogP contribution is 2.28. The first-order chi connectivity index (χ1) is 15.7. The van der Waals surface area contributed by atoms with Crippen molar-refractivity contribution in [3.63, 3.8) is 0 Å². The minimum Gasteiger partial charge on any atom is -0.383 e. The molecule has 33 heavy (non-hydrogen) atoms. The van der Waals surface area contributed by atoms with Crippen LogP contribution in [0.15, 0.2) is 49.1 Å². The molecule has 9 nitrogen and oxygen atoms in total. The number of hydrogen-bond acceptors (Lipinski definition) is 6. The summed E-state index contributed by atoms with van der Waals surface area (Å²) < 4.78 is 1.87. The predicted molar refractivity (Wildman–Crippen MR) is 129 cm³/mol. The number of nitrogen functional groups attached to an aromatic ring is 1. The van der Waals surface area contributed by atoms with Crippen LogP contribution in [-0.2, 0) is 0 Å². The van der Waals surface area contributed by atoms with Crippen molar-refractivity contribution >= 4 is 51.6 Å². The third kappa shape index (κ3) is 4.49. The third-order valence-electron chi connectivity index (χ3n) is 5.13. The van der Waals surface area contributed by atoms with E-state index in [1.165, 1.54) is 18.6 Å². The molecule has 4 aromatic rings. The van der Waals surface area contributed by atoms with Crippen LogP contribution in [0.4, 0.5) is 22.0 Å². The molecule has 0 saturated carbocycles. The number of ketones is 1. The zero-order valence-corrected chi connectivity index (χ0v) is 19.0. The summed E-state index contributed by atoms with van der Waals surface area (Å²) >= 11 is 5.96. The number of fused-ring (bicyclic) bond motifs is 1. The van der Waals surface area contributed by atoms with Gasteiger partial charge in [0.2, 0.25) is 5.78 Å². The van der Waals surface area contributed by atoms with Crippen molar-refractivity contribution < 1.29 is 9.59 Å². The lowest BCUT2D eigenvalue weighted by atomic mass is 10.1. The van der Waals surface area contributed by atoms with Crippen molar-refractivity contribution in [1.82, 2.24) is 19.5 Å². The topological polar surface area (TPSA) is 128 Å². The maximum atomic E-state index is 13.3. The van der Waals surface area contributed by atoms with E-state index >= 15 is 0 Å². The normalized spacial score (nSPS) is 11.1. The van der Waals surface area contributed by atoms with Crippen LogP contribution >= 0.6 is 11.6 Å². The van der Waals surface area contributed by atoms with Gasteiger partial charge in [0, 0.05) is 34.8 Å². The van der Waals surface area contributed by atoms with Crippen molar-refractivity contribution in [2.75, 3.05) is 16.4 Å². The van der Waals surface area contributed by atoms with E-state index in [1.54, 1.807) is 30.5 Å². The zero-order chi connectivity index (χ0) is 23.7. The van der Waals surface area contributed by atoms with Crippen LogP contribution in [0.1, 0.15) is 41.5 Å². The van der Waals surface area contributed by atoms with E-state index < -0.39 is 6.03 Å². The fourth-order valence-corrected chi connectivity index (χ4v) is 3.72. The average molecular weight is 464 g/mol. The summed E-state index contributed by atoms with van der Waals surface area (Å²) in [6.07, 6.45) is 4.53. The number of halogens is 1. The summed E-state index contributed by atoms with van der Waals surface area (Å²) in [7, 11) is 0. The Kier molecular flexibility index (Phi) is 5.97. The van der Waals surface area contributed by atoms with Crippen LogP contribution in [0.25, 0.3) is 11.0 Å². The first-order valence-corrected chi connectivity index (χ1v) is 10.6. The van der Waals surface area contributed by atoms with E-state index in [9.17, 15) is 9.59 Å². The largest absolute Gasteiger partial charge is 0.383 e. The fraction of sp³-hybridized carbons (Fsp3) is 0.174. The Morgan fingerprint density at radius 1 is 1.09 bits per heavy atom. The molecule has 3 aromatic heterocycles. The molecule has 1 aromatic carbocycles. The number of nitrogens with two attached hydrogens (primary N) is 1. The van der Waals surface area contributed by atoms with E-state index in [1.807, 2.05) is 25.3 Å². The number of hydrogen-bond donors (Lipinski definition) is 3. The van der Waals surface area contributed by atoms with E-state index in [-0.39, 0.29) is 23.3 Å². The summed E-state index contributed by atoms with van der Waals surface area (Å²) in [5.41, 5.74) is 9.01. The van der Waals surface area contributed by atoms with Gasteiger partial charge >= 0.3 is 6.03 Å². The van der Waals surface area contributed by atoms with Gasteiger partial charge in [-0.05, 0) is 56.7 Å². The molecular formula is C23H22ClN7O2. The number of anilines is 3. The Bertz CT molecular complexity index is 1380. The van der Waals surface area contributed by atoms with Gasteiger partial charge in [-0.15, -0.1) is 0 Å². The number of nitrogens with zero attached hydrogens (tertiary/aromatic N) is 4. The number of urea groups is 1. The number of amides is 2. The number of aryl methyl sites for hydroxylation is 1. The van der Waals surface area contributed by atoms with Crippen LogP contribution in [0, 0.1) is 6.92 Å². The number of carbonyl (C=O) groups excluding carboxylic acids is 2. The molecule has 168 valence electrons. The summed E-state index contributed by atoms with van der Waals surface area (Å²) in [5, 5.41) is 6.55. The molecular weight excluding hydrogens is 442 g/mol. The molecule has 0 saturated heterocycles. The number of rotatable bonds is 5. The van der Waals surface area contributed by atoms with E-state index in [0.29, 0.717) is 33.0 Å². The Morgan fingerprint density at radius 2 is 1.88 bits per heavy atom. The molecule has 0 atom stereocenters. The number of carbonyl (C=O) groups is 2. The van der Waals surface area contributed by atoms with E-state index in [4.69, 9.17) is 17.3 Å². The van der Waals surface area contributed by atoms with Gasteiger partial charge in [-0.25, -0.2) is 14.8 Å². The van der Waals surface area contributed by atoms with E-state index in [2.05, 4.69) is 25.6 Å². The van der Waals surface area contributed by atoms with Crippen LogP contribution in [-0.4, -0.2) is 31.3 Å². The smallest absolute Gasteiger partial charge is 0.323 e. The molecule has 0 aliphatic carbocycles. The van der Waals surface area contributed by atoms with Crippen molar-refractivity contribution in [1.29, 1.82) is 0 Å². The lowest BCUT2D eigenvalue weighted by molar-refractivity contribution is 0.103. The summed E-state index contributed by atoms with van der Waals surface area (Å²) in [6.45, 7) is 5.80. The average Bonchev–Trinajstić information content (AvgIpc) is 3.17. The van der Waals surface area contributed by atoms with Gasteiger partial charge in [0.25, 0.3) is 0 Å². The second-order valence-corrected chi connectivity index (χ2v) is 8.23. The molecule has 0 unspecified atom stereocenters. The number of nitrogens with one attached hydrogen (secondary N) is 2. The summed E-state index contributed by atoms with van der Waals surface area (Å²) in [6, 6.07) is 7.87. The van der Waals surface area contributed by atoms with Crippen LogP contribution in [0.2, 0.25) is 5.02 Å². The minimum atomic E-state index is -0.459. The molecule has 0 radical (unpaired) electrons. The van der Waals surface area contributed by atoms with Crippen LogP contribution in [0.5, 0.6) is 0 Å². The highest BCUT2D eigenvalue weighted by atomic mass is 35.5. The standard InChI is InChI=1S/C23H22ClN7O2/c1-12(2)31-10-16(19-21(25)27-11-28-22(19)31)20(32)18-9-15(6-7-26-18)29-23(33)30-17-5-4-14(24)8-13(17)3/h4-12H,1-3H3,(H2,25,27,28)(H2,26,29,30,33). The molecule has 0 spiro atoms. The van der Waals surface area contributed by atoms with Gasteiger partial charge in [0.05, 0.1) is 10.9 Å². The molecule has 0 bridgehead atoms. The van der Waals surface area contributed by atoms with E-state index in [0.717, 1.165) is 5.56 Å². The molecule has 3 heterocycles. The third-order valence-corrected chi connectivity index (χ3v) is 5.36. The Hall–Kier alpha value is -3.98. The quantitative estimate of drug-likeness (QED) is 0.364. The molecule has 4 rings (SSSR count). The van der Waals surface area contributed by atoms with Crippen molar-refractivity contribution in [3.05, 3.63) is 70.9 Å². The Labute approximate surface area is 195 Å². The first-order valence-electron chi connectivity index (χ1n) is 10.2. The van der Waals surface area contributed by atoms with Crippen molar-refractivity contribution in [2.45, 2.75) is 26.8 Å². The first kappa shape index (κ1) is 22.2. The fourth-order valence-electron chi connectivity index (χ4n) is 3.50. The highest BCUT2D eigenvalue weighted by molar-refractivity contribution is 6.30. The molecule has 10 heteroatoms.